The van der Waals surface area contributed by atoms with Crippen molar-refractivity contribution in [1.82, 2.24) is 19.6 Å². The molecular formula is C16H18N4O5S. The fourth-order valence-corrected chi connectivity index (χ4v) is 4.51. The Kier molecular flexibility index (Phi) is 4.16. The lowest BCUT2D eigenvalue weighted by Crippen LogP contribution is -2.30. The third-order valence-electron chi connectivity index (χ3n) is 4.29. The van der Waals surface area contributed by atoms with Crippen LogP contribution in [0.2, 0.25) is 0 Å². The van der Waals surface area contributed by atoms with Gasteiger partial charge in [0.25, 0.3) is 10.0 Å². The predicted octanol–water partition coefficient (Wildman–Crippen LogP) is 2.97. The van der Waals surface area contributed by atoms with E-state index in [-0.39, 0.29) is 11.0 Å². The predicted molar refractivity (Wildman–Crippen MR) is 88.5 cm³/mol. The maximum Gasteiger partial charge on any atom is 0.277 e. The van der Waals surface area contributed by atoms with Crippen molar-refractivity contribution in [3.8, 4) is 11.5 Å². The summed E-state index contributed by atoms with van der Waals surface area (Å²) in [5.41, 5.74) is 0. The summed E-state index contributed by atoms with van der Waals surface area (Å²) in [7, 11) is -3.84. The van der Waals surface area contributed by atoms with Gasteiger partial charge in [-0.1, -0.05) is 24.2 Å². The quantitative estimate of drug-likeness (QED) is 0.665. The second-order valence-corrected chi connectivity index (χ2v) is 8.24. The van der Waals surface area contributed by atoms with Crippen LogP contribution in [0.3, 0.4) is 0 Å². The Bertz CT molecular complexity index is 990. The van der Waals surface area contributed by atoms with Crippen LogP contribution in [0, 0.1) is 0 Å². The van der Waals surface area contributed by atoms with Gasteiger partial charge in [0, 0.05) is 18.5 Å². The van der Waals surface area contributed by atoms with Crippen molar-refractivity contribution < 1.29 is 21.9 Å². The normalized spacial score (nSPS) is 18.8. The lowest BCUT2D eigenvalue weighted by molar-refractivity contribution is 0.284. The van der Waals surface area contributed by atoms with E-state index in [2.05, 4.69) is 15.3 Å². The Morgan fingerprint density at radius 3 is 2.73 bits per heavy atom. The van der Waals surface area contributed by atoms with E-state index in [0.29, 0.717) is 42.6 Å². The highest BCUT2D eigenvalue weighted by Crippen LogP contribution is 2.37. The van der Waals surface area contributed by atoms with Crippen molar-refractivity contribution >= 4 is 10.0 Å². The van der Waals surface area contributed by atoms with E-state index in [1.54, 1.807) is 12.1 Å². The second kappa shape index (κ2) is 6.36. The van der Waals surface area contributed by atoms with E-state index in [1.807, 2.05) is 13.8 Å². The van der Waals surface area contributed by atoms with Crippen LogP contribution in [0.4, 0.5) is 0 Å². The van der Waals surface area contributed by atoms with E-state index in [1.165, 1.54) is 16.6 Å². The second-order valence-electron chi connectivity index (χ2n) is 6.41. The number of nitrogens with zero attached hydrogens (tertiary/aromatic N) is 4. The fourth-order valence-electron chi connectivity index (χ4n) is 2.94. The summed E-state index contributed by atoms with van der Waals surface area (Å²) in [5.74, 6) is 1.65. The van der Waals surface area contributed by atoms with Crippen LogP contribution in [-0.4, -0.2) is 34.6 Å². The topological polar surface area (TPSA) is 115 Å². The van der Waals surface area contributed by atoms with E-state index < -0.39 is 16.1 Å². The molecule has 10 heteroatoms. The van der Waals surface area contributed by atoms with Crippen molar-refractivity contribution in [2.45, 2.75) is 43.7 Å². The number of rotatable bonds is 5. The average Bonchev–Trinajstić information content (AvgIpc) is 3.42. The summed E-state index contributed by atoms with van der Waals surface area (Å²) >= 11 is 0. The van der Waals surface area contributed by atoms with Crippen LogP contribution in [0.25, 0.3) is 11.5 Å². The molecule has 0 radical (unpaired) electrons. The smallest absolute Gasteiger partial charge is 0.277 e. The molecule has 0 unspecified atom stereocenters. The first kappa shape index (κ1) is 17.0. The molecule has 1 atom stereocenters. The molecule has 4 rings (SSSR count). The molecule has 1 aliphatic heterocycles. The molecule has 1 aliphatic rings. The van der Waals surface area contributed by atoms with Crippen molar-refractivity contribution in [3.05, 3.63) is 36.1 Å². The highest BCUT2D eigenvalue weighted by molar-refractivity contribution is 7.89. The maximum absolute atomic E-state index is 13.0. The summed E-state index contributed by atoms with van der Waals surface area (Å²) < 4.78 is 43.2. The van der Waals surface area contributed by atoms with Gasteiger partial charge in [-0.3, -0.25) is 0 Å². The molecule has 9 nitrogen and oxygen atoms in total. The molecule has 0 amide bonds. The van der Waals surface area contributed by atoms with Crippen molar-refractivity contribution in [1.29, 1.82) is 0 Å². The van der Waals surface area contributed by atoms with Gasteiger partial charge in [-0.05, 0) is 25.0 Å². The highest BCUT2D eigenvalue weighted by Gasteiger charge is 2.41. The van der Waals surface area contributed by atoms with E-state index in [4.69, 9.17) is 13.5 Å². The number of furan rings is 1. The Morgan fingerprint density at radius 2 is 2.04 bits per heavy atom. The average molecular weight is 378 g/mol. The maximum atomic E-state index is 13.0. The summed E-state index contributed by atoms with van der Waals surface area (Å²) in [5, 5.41) is 7.38. The molecule has 0 saturated carbocycles. The first-order chi connectivity index (χ1) is 12.5. The molecule has 138 valence electrons. The minimum atomic E-state index is -3.84. The summed E-state index contributed by atoms with van der Waals surface area (Å²) in [6, 6.07) is 4.07. The minimum Gasteiger partial charge on any atom is -0.440 e. The SMILES string of the molecule is CC(C)c1noc([C@@H]2CCCN2S(=O)(=O)c2ccc(-c3ccno3)o2)n1. The van der Waals surface area contributed by atoms with E-state index >= 15 is 0 Å². The molecule has 1 fully saturated rings. The van der Waals surface area contributed by atoms with E-state index in [0.717, 1.165) is 0 Å². The van der Waals surface area contributed by atoms with Crippen LogP contribution in [0.1, 0.15) is 50.4 Å². The van der Waals surface area contributed by atoms with Crippen LogP contribution >= 0.6 is 0 Å². The molecule has 0 aromatic carbocycles. The zero-order valence-electron chi connectivity index (χ0n) is 14.3. The van der Waals surface area contributed by atoms with Gasteiger partial charge >= 0.3 is 0 Å². The van der Waals surface area contributed by atoms with Gasteiger partial charge in [0.05, 0.1) is 6.20 Å². The largest absolute Gasteiger partial charge is 0.440 e. The van der Waals surface area contributed by atoms with Crippen LogP contribution in [0.5, 0.6) is 0 Å². The first-order valence-electron chi connectivity index (χ1n) is 8.33. The molecule has 0 spiro atoms. The van der Waals surface area contributed by atoms with Gasteiger partial charge in [-0.2, -0.15) is 9.29 Å². The molecule has 3 aromatic heterocycles. The summed E-state index contributed by atoms with van der Waals surface area (Å²) in [6.45, 7) is 4.27. The van der Waals surface area contributed by atoms with Crippen molar-refractivity contribution in [3.63, 3.8) is 0 Å². The molecule has 3 aromatic rings. The van der Waals surface area contributed by atoms with Crippen molar-refractivity contribution in [2.75, 3.05) is 6.54 Å². The lowest BCUT2D eigenvalue weighted by atomic mass is 10.2. The lowest BCUT2D eigenvalue weighted by Gasteiger charge is -2.19. The fraction of sp³-hybridized carbons (Fsp3) is 0.438. The molecule has 0 aliphatic carbocycles. The van der Waals surface area contributed by atoms with Gasteiger partial charge in [0.2, 0.25) is 16.7 Å². The first-order valence-corrected chi connectivity index (χ1v) is 9.77. The van der Waals surface area contributed by atoms with Crippen LogP contribution in [0.15, 0.2) is 43.0 Å². The Labute approximate surface area is 150 Å². The Morgan fingerprint density at radius 1 is 1.19 bits per heavy atom. The summed E-state index contributed by atoms with van der Waals surface area (Å²) in [6.07, 6.45) is 2.79. The van der Waals surface area contributed by atoms with E-state index in [9.17, 15) is 8.42 Å². The molecule has 0 bridgehead atoms. The standard InChI is InChI=1S/C16H18N4O5S/c1-10(2)15-18-16(25-19-15)11-4-3-9-20(11)26(21,22)14-6-5-12(23-14)13-7-8-17-24-13/h5-8,10-11H,3-4,9H2,1-2H3/t11-/m0/s1. The Balaban J connectivity index is 1.64. The monoisotopic (exact) mass is 378 g/mol. The molecule has 4 heterocycles. The van der Waals surface area contributed by atoms with Crippen LogP contribution < -0.4 is 0 Å². The number of hydrogen-bond acceptors (Lipinski definition) is 8. The highest BCUT2D eigenvalue weighted by atomic mass is 32.2. The number of sulfonamides is 1. The zero-order valence-corrected chi connectivity index (χ0v) is 15.1. The van der Waals surface area contributed by atoms with Gasteiger partial charge < -0.3 is 13.5 Å². The number of aromatic nitrogens is 3. The Hall–Kier alpha value is -2.46. The molecule has 26 heavy (non-hydrogen) atoms. The molecule has 0 N–H and O–H groups in total. The third kappa shape index (κ3) is 2.84. The van der Waals surface area contributed by atoms with Crippen molar-refractivity contribution in [2.24, 2.45) is 0 Å². The minimum absolute atomic E-state index is 0.105. The molecule has 1 saturated heterocycles. The zero-order chi connectivity index (χ0) is 18.3. The number of hydrogen-bond donors (Lipinski definition) is 0. The summed E-state index contributed by atoms with van der Waals surface area (Å²) in [4.78, 5) is 4.36. The molecular weight excluding hydrogens is 360 g/mol. The third-order valence-corrected chi connectivity index (χ3v) is 6.07. The van der Waals surface area contributed by atoms with Gasteiger partial charge in [0.1, 0.15) is 6.04 Å². The van der Waals surface area contributed by atoms with Gasteiger partial charge in [0.15, 0.2) is 11.6 Å². The van der Waals surface area contributed by atoms with Gasteiger partial charge in [-0.25, -0.2) is 8.42 Å². The van der Waals surface area contributed by atoms with Crippen LogP contribution in [-0.2, 0) is 10.0 Å². The van der Waals surface area contributed by atoms with Gasteiger partial charge in [-0.15, -0.1) is 0 Å².